The van der Waals surface area contributed by atoms with Gasteiger partial charge < -0.3 is 9.47 Å². The summed E-state index contributed by atoms with van der Waals surface area (Å²) < 4.78 is 32.3. The Morgan fingerprint density at radius 3 is 2.50 bits per heavy atom. The van der Waals surface area contributed by atoms with E-state index in [4.69, 9.17) is 10.7 Å². The number of halogens is 1. The van der Waals surface area contributed by atoms with Crippen molar-refractivity contribution in [3.05, 3.63) is 17.7 Å². The zero-order valence-corrected chi connectivity index (χ0v) is 12.9. The van der Waals surface area contributed by atoms with Crippen LogP contribution in [-0.2, 0) is 18.5 Å². The monoisotopic (exact) mass is 347 g/mol. The van der Waals surface area contributed by atoms with E-state index in [2.05, 4.69) is 25.0 Å². The zero-order chi connectivity index (χ0) is 16.5. The fraction of sp³-hybridized carbons (Fsp3) is 0.182. The predicted octanol–water partition coefficient (Wildman–Crippen LogP) is 1.46. The van der Waals surface area contributed by atoms with E-state index < -0.39 is 26.0 Å². The third-order valence-electron chi connectivity index (χ3n) is 2.75. The minimum Gasteiger partial charge on any atom is -0.465 e. The van der Waals surface area contributed by atoms with Crippen LogP contribution in [0.3, 0.4) is 0 Å². The number of aromatic amines is 1. The Hall–Kier alpha value is -2.33. The first-order chi connectivity index (χ1) is 10.3. The van der Waals surface area contributed by atoms with Crippen molar-refractivity contribution in [3.63, 3.8) is 0 Å². The van der Waals surface area contributed by atoms with Crippen LogP contribution >= 0.6 is 10.7 Å². The molecule has 22 heavy (non-hydrogen) atoms. The molecule has 9 nitrogen and oxygen atoms in total. The van der Waals surface area contributed by atoms with E-state index >= 15 is 0 Å². The number of hydrogen-bond acceptors (Lipinski definition) is 7. The number of H-pyrrole nitrogens is 1. The van der Waals surface area contributed by atoms with Crippen LogP contribution in [0, 0.1) is 0 Å². The smallest absolute Gasteiger partial charge is 0.412 e. The van der Waals surface area contributed by atoms with Crippen LogP contribution in [0.5, 0.6) is 0 Å². The molecular formula is C11H10ClN3O6S. The lowest BCUT2D eigenvalue weighted by Gasteiger charge is -2.08. The Morgan fingerprint density at radius 1 is 1.27 bits per heavy atom. The summed E-state index contributed by atoms with van der Waals surface area (Å²) in [6, 6.07) is 2.49. The number of carbonyl (C=O) groups is 2. The van der Waals surface area contributed by atoms with Crippen molar-refractivity contribution in [2.24, 2.45) is 0 Å². The largest absolute Gasteiger partial charge is 0.465 e. The molecule has 0 atom stereocenters. The van der Waals surface area contributed by atoms with Gasteiger partial charge in [0.05, 0.1) is 35.6 Å². The van der Waals surface area contributed by atoms with Gasteiger partial charge >= 0.3 is 12.1 Å². The molecule has 0 bridgehead atoms. The molecule has 0 aliphatic carbocycles. The highest BCUT2D eigenvalue weighted by Crippen LogP contribution is 2.32. The van der Waals surface area contributed by atoms with Crippen LogP contribution in [-0.4, -0.2) is 44.9 Å². The van der Waals surface area contributed by atoms with E-state index in [0.717, 1.165) is 20.3 Å². The number of esters is 1. The number of benzene rings is 1. The number of carbonyl (C=O) groups excluding carboxylic acids is 2. The molecule has 2 rings (SSSR count). The van der Waals surface area contributed by atoms with Crippen molar-refractivity contribution in [2.45, 2.75) is 4.90 Å². The zero-order valence-electron chi connectivity index (χ0n) is 11.3. The molecule has 11 heteroatoms. The summed E-state index contributed by atoms with van der Waals surface area (Å²) in [6.07, 6.45) is -0.844. The molecule has 1 amide bonds. The van der Waals surface area contributed by atoms with Gasteiger partial charge in [-0.15, -0.1) is 0 Å². The SMILES string of the molecule is COC(=O)Nc1n[nH]c2ccc(S(=O)(=O)Cl)c(C(=O)OC)c12. The molecule has 1 aromatic carbocycles. The summed E-state index contributed by atoms with van der Waals surface area (Å²) in [5, 5.41) is 8.65. The molecule has 118 valence electrons. The number of rotatable bonds is 3. The van der Waals surface area contributed by atoms with E-state index in [9.17, 15) is 18.0 Å². The predicted molar refractivity (Wildman–Crippen MR) is 76.5 cm³/mol. The number of fused-ring (bicyclic) bond motifs is 1. The van der Waals surface area contributed by atoms with Gasteiger partial charge in [-0.05, 0) is 12.1 Å². The molecule has 0 aliphatic rings. The molecule has 0 saturated heterocycles. The lowest BCUT2D eigenvalue weighted by Crippen LogP contribution is -2.13. The second-order valence-corrected chi connectivity index (χ2v) is 6.51. The van der Waals surface area contributed by atoms with Crippen molar-refractivity contribution >= 4 is 48.5 Å². The van der Waals surface area contributed by atoms with Gasteiger partial charge in [-0.1, -0.05) is 0 Å². The second kappa shape index (κ2) is 5.81. The van der Waals surface area contributed by atoms with Crippen molar-refractivity contribution < 1.29 is 27.5 Å². The number of anilines is 1. The van der Waals surface area contributed by atoms with E-state index in [0.29, 0.717) is 5.52 Å². The summed E-state index contributed by atoms with van der Waals surface area (Å²) in [6.45, 7) is 0. The van der Waals surface area contributed by atoms with Gasteiger partial charge in [0, 0.05) is 10.7 Å². The summed E-state index contributed by atoms with van der Waals surface area (Å²) in [4.78, 5) is 22.8. The number of hydrogen-bond donors (Lipinski definition) is 2. The van der Waals surface area contributed by atoms with Crippen LogP contribution < -0.4 is 5.32 Å². The number of aromatic nitrogens is 2. The topological polar surface area (TPSA) is 127 Å². The number of nitrogens with one attached hydrogen (secondary N) is 2. The highest BCUT2D eigenvalue weighted by Gasteiger charge is 2.27. The van der Waals surface area contributed by atoms with Gasteiger partial charge in [0.25, 0.3) is 9.05 Å². The molecule has 0 fully saturated rings. The first kappa shape index (κ1) is 16.0. The third kappa shape index (κ3) is 2.83. The summed E-state index contributed by atoms with van der Waals surface area (Å²) in [7, 11) is 3.34. The Bertz CT molecular complexity index is 860. The van der Waals surface area contributed by atoms with Crippen LogP contribution in [0.4, 0.5) is 10.6 Å². The summed E-state index contributed by atoms with van der Waals surface area (Å²) in [5.41, 5.74) is -0.0361. The third-order valence-corrected chi connectivity index (χ3v) is 4.11. The first-order valence-electron chi connectivity index (χ1n) is 5.68. The summed E-state index contributed by atoms with van der Waals surface area (Å²) in [5.74, 6) is -1.04. The van der Waals surface area contributed by atoms with E-state index in [-0.39, 0.29) is 16.8 Å². The lowest BCUT2D eigenvalue weighted by atomic mass is 10.1. The molecule has 2 N–H and O–H groups in total. The number of methoxy groups -OCH3 is 2. The minimum absolute atomic E-state index is 0.0407. The van der Waals surface area contributed by atoms with Gasteiger partial charge in [0.15, 0.2) is 5.82 Å². The van der Waals surface area contributed by atoms with Gasteiger partial charge in [-0.3, -0.25) is 10.4 Å². The number of ether oxygens (including phenoxy) is 2. The minimum atomic E-state index is -4.22. The molecule has 0 radical (unpaired) electrons. The highest BCUT2D eigenvalue weighted by molar-refractivity contribution is 8.13. The van der Waals surface area contributed by atoms with E-state index in [1.165, 1.54) is 6.07 Å². The van der Waals surface area contributed by atoms with Gasteiger partial charge in [0.1, 0.15) is 0 Å². The van der Waals surface area contributed by atoms with Gasteiger partial charge in [0.2, 0.25) is 0 Å². The lowest BCUT2D eigenvalue weighted by molar-refractivity contribution is 0.0598. The van der Waals surface area contributed by atoms with Crippen molar-refractivity contribution in [3.8, 4) is 0 Å². The maximum absolute atomic E-state index is 12.0. The maximum Gasteiger partial charge on any atom is 0.412 e. The van der Waals surface area contributed by atoms with E-state index in [1.807, 2.05) is 0 Å². The van der Waals surface area contributed by atoms with Crippen molar-refractivity contribution in [1.29, 1.82) is 0 Å². The van der Waals surface area contributed by atoms with Crippen LogP contribution in [0.1, 0.15) is 10.4 Å². The molecule has 1 aromatic heterocycles. The fourth-order valence-electron chi connectivity index (χ4n) is 1.84. The van der Waals surface area contributed by atoms with Crippen molar-refractivity contribution in [2.75, 3.05) is 19.5 Å². The Balaban J connectivity index is 2.82. The molecular weight excluding hydrogens is 338 g/mol. The molecule has 0 saturated carbocycles. The fourth-order valence-corrected chi connectivity index (χ4v) is 2.89. The average molecular weight is 348 g/mol. The van der Waals surface area contributed by atoms with Gasteiger partial charge in [-0.2, -0.15) is 5.10 Å². The maximum atomic E-state index is 12.0. The van der Waals surface area contributed by atoms with Crippen LogP contribution in [0.25, 0.3) is 10.9 Å². The van der Waals surface area contributed by atoms with Crippen LogP contribution in [0.2, 0.25) is 0 Å². The molecule has 0 aliphatic heterocycles. The Morgan fingerprint density at radius 2 is 1.95 bits per heavy atom. The Kier molecular flexibility index (Phi) is 4.24. The quantitative estimate of drug-likeness (QED) is 0.635. The molecule has 0 unspecified atom stereocenters. The van der Waals surface area contributed by atoms with E-state index in [1.54, 1.807) is 0 Å². The second-order valence-electron chi connectivity index (χ2n) is 3.98. The molecule has 1 heterocycles. The van der Waals surface area contributed by atoms with Crippen molar-refractivity contribution in [1.82, 2.24) is 10.2 Å². The number of amides is 1. The first-order valence-corrected chi connectivity index (χ1v) is 7.99. The standard InChI is InChI=1S/C11H10ClN3O6S/c1-20-10(16)8-6(22(12,18)19)4-3-5-7(8)9(15-14-5)13-11(17)21-2/h3-4H,1-2H3,(H2,13,14,15,17). The molecule has 2 aromatic rings. The van der Waals surface area contributed by atoms with Gasteiger partial charge in [-0.25, -0.2) is 18.0 Å². The normalized spacial score (nSPS) is 11.2. The average Bonchev–Trinajstić information content (AvgIpc) is 2.87. The number of nitrogens with zero attached hydrogens (tertiary/aromatic N) is 1. The van der Waals surface area contributed by atoms with Crippen LogP contribution in [0.15, 0.2) is 17.0 Å². The summed E-state index contributed by atoms with van der Waals surface area (Å²) >= 11 is 0. The highest BCUT2D eigenvalue weighted by atomic mass is 35.7. The Labute approximate surface area is 129 Å². The molecule has 0 spiro atoms.